The molecule has 0 radical (unpaired) electrons. The molecule has 0 saturated heterocycles. The predicted molar refractivity (Wildman–Crippen MR) is 58.6 cm³/mol. The van der Waals surface area contributed by atoms with Gasteiger partial charge < -0.3 is 5.32 Å². The van der Waals surface area contributed by atoms with Gasteiger partial charge in [-0.1, -0.05) is 18.2 Å². The van der Waals surface area contributed by atoms with Gasteiger partial charge in [0.1, 0.15) is 0 Å². The first-order valence-corrected chi connectivity index (χ1v) is 4.92. The van der Waals surface area contributed by atoms with Gasteiger partial charge in [-0.2, -0.15) is 18.2 Å². The molecule has 0 aliphatic rings. The highest BCUT2D eigenvalue weighted by atomic mass is 19.2. The Hall–Kier alpha value is -2.04. The second kappa shape index (κ2) is 4.45. The van der Waals surface area contributed by atoms with Crippen LogP contribution in [0.25, 0.3) is 0 Å². The molecule has 1 heterocycles. The maximum Gasteiger partial charge on any atom is 0.253 e. The van der Waals surface area contributed by atoms with Crippen molar-refractivity contribution in [2.45, 2.75) is 6.92 Å². The summed E-state index contributed by atoms with van der Waals surface area (Å²) in [5.74, 6) is -3.73. The number of pyridine rings is 1. The Balaban J connectivity index is 2.40. The highest BCUT2D eigenvalue weighted by Crippen LogP contribution is 2.23. The van der Waals surface area contributed by atoms with Gasteiger partial charge in [-0.05, 0) is 18.6 Å². The minimum absolute atomic E-state index is 0.274. The average Bonchev–Trinajstić information content (AvgIpc) is 2.28. The van der Waals surface area contributed by atoms with E-state index in [0.29, 0.717) is 5.69 Å². The first kappa shape index (κ1) is 11.4. The lowest BCUT2D eigenvalue weighted by molar-refractivity contribution is 0.450. The zero-order valence-electron chi connectivity index (χ0n) is 8.97. The van der Waals surface area contributed by atoms with Crippen LogP contribution in [0.1, 0.15) is 5.56 Å². The first-order valence-electron chi connectivity index (χ1n) is 4.92. The molecule has 2 rings (SSSR count). The van der Waals surface area contributed by atoms with Crippen LogP contribution in [0.2, 0.25) is 0 Å². The topological polar surface area (TPSA) is 24.9 Å². The van der Waals surface area contributed by atoms with Gasteiger partial charge in [0.25, 0.3) is 5.95 Å². The Labute approximate surface area is 96.1 Å². The lowest BCUT2D eigenvalue weighted by Gasteiger charge is -2.10. The third kappa shape index (κ3) is 2.38. The summed E-state index contributed by atoms with van der Waals surface area (Å²) in [6, 6.07) is 7.84. The van der Waals surface area contributed by atoms with Crippen molar-refractivity contribution in [1.82, 2.24) is 4.98 Å². The van der Waals surface area contributed by atoms with E-state index in [-0.39, 0.29) is 5.69 Å². The van der Waals surface area contributed by atoms with Gasteiger partial charge >= 0.3 is 0 Å². The van der Waals surface area contributed by atoms with E-state index in [4.69, 9.17) is 0 Å². The summed E-state index contributed by atoms with van der Waals surface area (Å²) in [5, 5.41) is 2.63. The summed E-state index contributed by atoms with van der Waals surface area (Å²) in [7, 11) is 0. The van der Waals surface area contributed by atoms with Crippen molar-refractivity contribution in [1.29, 1.82) is 0 Å². The number of halogens is 3. The van der Waals surface area contributed by atoms with Gasteiger partial charge in [0, 0.05) is 11.8 Å². The molecule has 0 aliphatic carbocycles. The number of rotatable bonds is 2. The van der Waals surface area contributed by atoms with Crippen LogP contribution in [0.5, 0.6) is 0 Å². The van der Waals surface area contributed by atoms with E-state index in [0.717, 1.165) is 11.6 Å². The maximum atomic E-state index is 13.3. The zero-order valence-corrected chi connectivity index (χ0v) is 8.97. The molecule has 0 bridgehead atoms. The predicted octanol–water partition coefficient (Wildman–Crippen LogP) is 3.55. The van der Waals surface area contributed by atoms with Crippen molar-refractivity contribution < 1.29 is 13.2 Å². The number of para-hydroxylation sites is 1. The van der Waals surface area contributed by atoms with E-state index in [9.17, 15) is 13.2 Å². The molecule has 0 spiro atoms. The van der Waals surface area contributed by atoms with Crippen molar-refractivity contribution >= 4 is 11.4 Å². The number of nitrogens with one attached hydrogen (secondary N) is 1. The summed E-state index contributed by atoms with van der Waals surface area (Å²) in [4.78, 5) is 2.75. The third-order valence-corrected chi connectivity index (χ3v) is 2.30. The molecular formula is C12H9F3N2. The molecule has 0 aliphatic heterocycles. The highest BCUT2D eigenvalue weighted by Gasteiger charge is 2.13. The zero-order chi connectivity index (χ0) is 12.4. The minimum Gasteiger partial charge on any atom is -0.353 e. The fourth-order valence-corrected chi connectivity index (χ4v) is 1.42. The van der Waals surface area contributed by atoms with Crippen molar-refractivity contribution in [3.8, 4) is 0 Å². The SMILES string of the molecule is Cc1ccccc1Nc1cc(F)nc(F)c1F. The standard InChI is InChI=1S/C12H9F3N2/c1-7-4-2-3-5-8(7)16-9-6-10(13)17-12(15)11(9)14/h2-6H,1H3,(H,16,17). The van der Waals surface area contributed by atoms with Gasteiger partial charge in [-0.25, -0.2) is 0 Å². The van der Waals surface area contributed by atoms with Gasteiger partial charge in [-0.3, -0.25) is 0 Å². The summed E-state index contributed by atoms with van der Waals surface area (Å²) >= 11 is 0. The second-order valence-electron chi connectivity index (χ2n) is 3.54. The van der Waals surface area contributed by atoms with E-state index in [1.807, 2.05) is 6.07 Å². The number of benzene rings is 1. The Bertz CT molecular complexity index is 555. The van der Waals surface area contributed by atoms with Crippen molar-refractivity contribution in [3.05, 3.63) is 53.6 Å². The molecule has 0 fully saturated rings. The molecule has 0 amide bonds. The fourth-order valence-electron chi connectivity index (χ4n) is 1.42. The first-order chi connectivity index (χ1) is 8.08. The van der Waals surface area contributed by atoms with E-state index < -0.39 is 17.7 Å². The summed E-state index contributed by atoms with van der Waals surface area (Å²) < 4.78 is 39.1. The number of anilines is 2. The molecule has 1 aromatic heterocycles. The van der Waals surface area contributed by atoms with Crippen LogP contribution in [0, 0.1) is 24.6 Å². The number of aryl methyl sites for hydroxylation is 1. The number of aromatic nitrogens is 1. The lowest BCUT2D eigenvalue weighted by atomic mass is 10.2. The van der Waals surface area contributed by atoms with E-state index in [1.54, 1.807) is 25.1 Å². The minimum atomic E-state index is -1.46. The molecule has 0 saturated carbocycles. The van der Waals surface area contributed by atoms with Crippen LogP contribution in [0.3, 0.4) is 0 Å². The van der Waals surface area contributed by atoms with Crippen LogP contribution in [-0.4, -0.2) is 4.98 Å². The maximum absolute atomic E-state index is 13.3. The monoisotopic (exact) mass is 238 g/mol. The van der Waals surface area contributed by atoms with Gasteiger partial charge in [0.15, 0.2) is 0 Å². The molecule has 2 nitrogen and oxygen atoms in total. The molecule has 0 unspecified atom stereocenters. The lowest BCUT2D eigenvalue weighted by Crippen LogP contribution is -2.01. The number of nitrogens with zero attached hydrogens (tertiary/aromatic N) is 1. The van der Waals surface area contributed by atoms with Crippen molar-refractivity contribution in [2.24, 2.45) is 0 Å². The second-order valence-corrected chi connectivity index (χ2v) is 3.54. The average molecular weight is 238 g/mol. The Morgan fingerprint density at radius 3 is 2.47 bits per heavy atom. The number of hydrogen-bond donors (Lipinski definition) is 1. The van der Waals surface area contributed by atoms with Crippen LogP contribution in [0.4, 0.5) is 24.5 Å². The third-order valence-electron chi connectivity index (χ3n) is 2.30. The molecule has 1 N–H and O–H groups in total. The van der Waals surface area contributed by atoms with Crippen molar-refractivity contribution in [2.75, 3.05) is 5.32 Å². The quantitative estimate of drug-likeness (QED) is 0.809. The Kier molecular flexibility index (Phi) is 2.99. The summed E-state index contributed by atoms with van der Waals surface area (Å²) in [6.45, 7) is 1.80. The van der Waals surface area contributed by atoms with Crippen LogP contribution in [-0.2, 0) is 0 Å². The Morgan fingerprint density at radius 2 is 1.76 bits per heavy atom. The molecule has 1 aromatic carbocycles. The van der Waals surface area contributed by atoms with Crippen LogP contribution >= 0.6 is 0 Å². The smallest absolute Gasteiger partial charge is 0.253 e. The molecule has 88 valence electrons. The van der Waals surface area contributed by atoms with E-state index in [1.165, 1.54) is 0 Å². The highest BCUT2D eigenvalue weighted by molar-refractivity contribution is 5.62. The molecule has 5 heteroatoms. The largest absolute Gasteiger partial charge is 0.353 e. The van der Waals surface area contributed by atoms with Crippen LogP contribution < -0.4 is 5.32 Å². The van der Waals surface area contributed by atoms with E-state index in [2.05, 4.69) is 10.3 Å². The van der Waals surface area contributed by atoms with E-state index >= 15 is 0 Å². The fraction of sp³-hybridized carbons (Fsp3) is 0.0833. The Morgan fingerprint density at radius 1 is 1.06 bits per heavy atom. The van der Waals surface area contributed by atoms with Gasteiger partial charge in [0.2, 0.25) is 11.8 Å². The van der Waals surface area contributed by atoms with Crippen molar-refractivity contribution in [3.63, 3.8) is 0 Å². The number of hydrogen-bond acceptors (Lipinski definition) is 2. The van der Waals surface area contributed by atoms with Gasteiger partial charge in [0.05, 0.1) is 5.69 Å². The van der Waals surface area contributed by atoms with Crippen LogP contribution in [0.15, 0.2) is 30.3 Å². The molecule has 17 heavy (non-hydrogen) atoms. The molecule has 2 aromatic rings. The summed E-state index contributed by atoms with van der Waals surface area (Å²) in [5.41, 5.74) is 1.14. The van der Waals surface area contributed by atoms with Gasteiger partial charge in [-0.15, -0.1) is 0 Å². The normalized spacial score (nSPS) is 10.4. The molecule has 0 atom stereocenters. The summed E-state index contributed by atoms with van der Waals surface area (Å²) in [6.07, 6.45) is 0. The molecular weight excluding hydrogens is 229 g/mol.